The summed E-state index contributed by atoms with van der Waals surface area (Å²) in [6.07, 6.45) is 1.70. The molecule has 70 valence electrons. The average molecular weight is 199 g/mol. The number of nitrogens with two attached hydrogens (primary N) is 1. The Bertz CT molecular complexity index is 411. The number of hydrogen-bond donors (Lipinski definition) is 3. The third kappa shape index (κ3) is 3.22. The molecule has 0 aliphatic carbocycles. The maximum atomic E-state index is 8.81. The number of benzene rings is 1. The van der Waals surface area contributed by atoms with Crippen LogP contribution in [0, 0.1) is 0 Å². The number of thiol groups is 1. The van der Waals surface area contributed by atoms with Crippen molar-refractivity contribution in [2.75, 3.05) is 0 Å². The standard InChI is InChI=1S/C7H6N2.H3NO2S/c1-2-4-7-6(3-1)8-5-9-7;1-4(2)3/h1-5H,(H,8,9);4H,(H2,1,2,3). The zero-order chi connectivity index (χ0) is 9.68. The van der Waals surface area contributed by atoms with Crippen molar-refractivity contribution in [1.82, 2.24) is 9.97 Å². The van der Waals surface area contributed by atoms with Gasteiger partial charge in [0.25, 0.3) is 0 Å². The third-order valence-electron chi connectivity index (χ3n) is 1.33. The second kappa shape index (κ2) is 4.58. The van der Waals surface area contributed by atoms with E-state index in [1.54, 1.807) is 6.33 Å². The highest BCUT2D eigenvalue weighted by atomic mass is 32.2. The molecule has 0 aliphatic heterocycles. The van der Waals surface area contributed by atoms with Crippen LogP contribution in [0.25, 0.3) is 11.0 Å². The van der Waals surface area contributed by atoms with Crippen LogP contribution in [-0.4, -0.2) is 18.4 Å². The first kappa shape index (κ1) is 9.69. The van der Waals surface area contributed by atoms with Gasteiger partial charge in [-0.1, -0.05) is 12.1 Å². The maximum Gasteiger partial charge on any atom is 0.198 e. The topological polar surface area (TPSA) is 88.8 Å². The maximum absolute atomic E-state index is 8.81. The Balaban J connectivity index is 0.000000184. The van der Waals surface area contributed by atoms with E-state index >= 15 is 0 Å². The van der Waals surface area contributed by atoms with E-state index in [9.17, 15) is 0 Å². The molecule has 2 rings (SSSR count). The van der Waals surface area contributed by atoms with Gasteiger partial charge in [-0.25, -0.2) is 18.5 Å². The highest BCUT2D eigenvalue weighted by Crippen LogP contribution is 2.05. The largest absolute Gasteiger partial charge is 0.345 e. The minimum atomic E-state index is -2.62. The van der Waals surface area contributed by atoms with Crippen LogP contribution in [0.4, 0.5) is 0 Å². The van der Waals surface area contributed by atoms with E-state index in [-0.39, 0.29) is 0 Å². The van der Waals surface area contributed by atoms with E-state index in [2.05, 4.69) is 15.1 Å². The van der Waals surface area contributed by atoms with Crippen molar-refractivity contribution in [1.29, 1.82) is 0 Å². The van der Waals surface area contributed by atoms with Crippen LogP contribution in [0.1, 0.15) is 0 Å². The molecule has 13 heavy (non-hydrogen) atoms. The van der Waals surface area contributed by atoms with Crippen molar-refractivity contribution in [2.45, 2.75) is 0 Å². The summed E-state index contributed by atoms with van der Waals surface area (Å²) >= 11 is 0. The SMILES string of the molecule is N[SH](=O)=O.c1ccc2[nH]cnc2c1. The average Bonchev–Trinajstić information content (AvgIpc) is 2.49. The van der Waals surface area contributed by atoms with Gasteiger partial charge in [-0.05, 0) is 12.1 Å². The number of rotatable bonds is 0. The first-order chi connectivity index (χ1) is 6.20. The van der Waals surface area contributed by atoms with Gasteiger partial charge < -0.3 is 4.98 Å². The quantitative estimate of drug-likeness (QED) is 0.523. The second-order valence-corrected chi connectivity index (χ2v) is 2.78. The molecule has 0 fully saturated rings. The molecule has 0 radical (unpaired) electrons. The lowest BCUT2D eigenvalue weighted by molar-refractivity contribution is 0.616. The molecule has 3 N–H and O–H groups in total. The van der Waals surface area contributed by atoms with Gasteiger partial charge in [0.2, 0.25) is 0 Å². The van der Waals surface area contributed by atoms with Gasteiger partial charge in [0.1, 0.15) is 0 Å². The van der Waals surface area contributed by atoms with Gasteiger partial charge in [-0.2, -0.15) is 0 Å². The molecule has 1 aromatic carbocycles. The Hall–Kier alpha value is -1.40. The summed E-state index contributed by atoms with van der Waals surface area (Å²) in [5.74, 6) is 0. The van der Waals surface area contributed by atoms with E-state index in [4.69, 9.17) is 8.42 Å². The number of nitrogens with one attached hydrogen (secondary N) is 1. The van der Waals surface area contributed by atoms with Crippen molar-refractivity contribution in [3.63, 3.8) is 0 Å². The molecular weight excluding hydrogens is 190 g/mol. The number of aromatic amines is 1. The fourth-order valence-corrected chi connectivity index (χ4v) is 0.880. The third-order valence-corrected chi connectivity index (χ3v) is 1.33. The van der Waals surface area contributed by atoms with E-state index in [0.29, 0.717) is 0 Å². The Morgan fingerprint density at radius 1 is 1.31 bits per heavy atom. The van der Waals surface area contributed by atoms with Crippen molar-refractivity contribution >= 4 is 21.9 Å². The van der Waals surface area contributed by atoms with Crippen LogP contribution in [0.15, 0.2) is 30.6 Å². The van der Waals surface area contributed by atoms with E-state index < -0.39 is 10.9 Å². The molecule has 0 atom stereocenters. The number of H-pyrrole nitrogens is 1. The summed E-state index contributed by atoms with van der Waals surface area (Å²) in [6.45, 7) is 0. The van der Waals surface area contributed by atoms with Gasteiger partial charge in [-0.3, -0.25) is 0 Å². The zero-order valence-electron chi connectivity index (χ0n) is 6.68. The van der Waals surface area contributed by atoms with Crippen LogP contribution in [0.5, 0.6) is 0 Å². The first-order valence-electron chi connectivity index (χ1n) is 3.47. The van der Waals surface area contributed by atoms with Crippen molar-refractivity contribution in [3.8, 4) is 0 Å². The molecule has 1 aromatic heterocycles. The molecule has 0 spiro atoms. The van der Waals surface area contributed by atoms with Gasteiger partial charge in [0.15, 0.2) is 10.9 Å². The lowest BCUT2D eigenvalue weighted by atomic mass is 10.3. The molecule has 0 unspecified atom stereocenters. The summed E-state index contributed by atoms with van der Waals surface area (Å²) in [6, 6.07) is 7.94. The van der Waals surface area contributed by atoms with E-state index in [1.807, 2.05) is 24.3 Å². The summed E-state index contributed by atoms with van der Waals surface area (Å²) in [4.78, 5) is 7.07. The molecule has 2 aromatic rings. The number of para-hydroxylation sites is 2. The number of imidazole rings is 1. The smallest absolute Gasteiger partial charge is 0.198 e. The van der Waals surface area contributed by atoms with Crippen molar-refractivity contribution in [3.05, 3.63) is 30.6 Å². The van der Waals surface area contributed by atoms with Crippen LogP contribution < -0.4 is 5.14 Å². The molecular formula is C7H9N3O2S. The number of nitrogens with zero attached hydrogens (tertiary/aromatic N) is 1. The van der Waals surface area contributed by atoms with Gasteiger partial charge in [0.05, 0.1) is 17.4 Å². The van der Waals surface area contributed by atoms with Gasteiger partial charge in [-0.15, -0.1) is 0 Å². The minimum absolute atomic E-state index is 1.03. The summed E-state index contributed by atoms with van der Waals surface area (Å²) in [7, 11) is -2.62. The fourth-order valence-electron chi connectivity index (χ4n) is 0.880. The minimum Gasteiger partial charge on any atom is -0.345 e. The molecule has 0 amide bonds. The van der Waals surface area contributed by atoms with Crippen LogP contribution >= 0.6 is 0 Å². The predicted molar refractivity (Wildman–Crippen MR) is 50.6 cm³/mol. The molecule has 0 saturated carbocycles. The molecule has 5 nitrogen and oxygen atoms in total. The predicted octanol–water partition coefficient (Wildman–Crippen LogP) is 0.0344. The van der Waals surface area contributed by atoms with Crippen LogP contribution in [-0.2, 0) is 10.9 Å². The monoisotopic (exact) mass is 199 g/mol. The van der Waals surface area contributed by atoms with Crippen LogP contribution in [0.2, 0.25) is 0 Å². The number of hydrogen-bond acceptors (Lipinski definition) is 3. The van der Waals surface area contributed by atoms with Crippen LogP contribution in [0.3, 0.4) is 0 Å². The molecule has 0 aliphatic rings. The fraction of sp³-hybridized carbons (Fsp3) is 0. The Kier molecular flexibility index (Phi) is 3.41. The first-order valence-corrected chi connectivity index (χ1v) is 4.72. The van der Waals surface area contributed by atoms with Crippen molar-refractivity contribution in [2.24, 2.45) is 5.14 Å². The highest BCUT2D eigenvalue weighted by molar-refractivity contribution is 7.69. The number of aromatic nitrogens is 2. The highest BCUT2D eigenvalue weighted by Gasteiger charge is 1.88. The Morgan fingerprint density at radius 2 is 1.92 bits per heavy atom. The summed E-state index contributed by atoms with van der Waals surface area (Å²) < 4.78 is 17.6. The lowest BCUT2D eigenvalue weighted by Crippen LogP contribution is -1.85. The Morgan fingerprint density at radius 3 is 2.54 bits per heavy atom. The molecule has 0 saturated heterocycles. The van der Waals surface area contributed by atoms with E-state index in [0.717, 1.165) is 11.0 Å². The molecule has 1 heterocycles. The lowest BCUT2D eigenvalue weighted by Gasteiger charge is -1.81. The molecule has 6 heteroatoms. The zero-order valence-corrected chi connectivity index (χ0v) is 7.57. The van der Waals surface area contributed by atoms with Gasteiger partial charge in [0, 0.05) is 0 Å². The Labute approximate surface area is 76.7 Å². The van der Waals surface area contributed by atoms with Crippen molar-refractivity contribution < 1.29 is 8.42 Å². The normalized spacial score (nSPS) is 9.69. The molecule has 0 bridgehead atoms. The summed E-state index contributed by atoms with van der Waals surface area (Å²) in [5.41, 5.74) is 2.12. The summed E-state index contributed by atoms with van der Waals surface area (Å²) in [5, 5.41) is 4.06. The van der Waals surface area contributed by atoms with E-state index in [1.165, 1.54) is 0 Å². The second-order valence-electron chi connectivity index (χ2n) is 2.21. The van der Waals surface area contributed by atoms with Gasteiger partial charge >= 0.3 is 0 Å². The number of fused-ring (bicyclic) bond motifs is 1.